The van der Waals surface area contributed by atoms with Gasteiger partial charge < -0.3 is 9.94 Å². The molecule has 0 bridgehead atoms. The van der Waals surface area contributed by atoms with Gasteiger partial charge in [-0.25, -0.2) is 4.68 Å². The lowest BCUT2D eigenvalue weighted by atomic mass is 10.1. The molecule has 0 atom stereocenters. The third-order valence-electron chi connectivity index (χ3n) is 3.32. The first-order valence-corrected chi connectivity index (χ1v) is 6.79. The van der Waals surface area contributed by atoms with Crippen molar-refractivity contribution in [1.29, 1.82) is 0 Å². The first-order chi connectivity index (χ1) is 10.8. The molecule has 1 heterocycles. The maximum atomic E-state index is 8.86. The van der Waals surface area contributed by atoms with Crippen molar-refractivity contribution in [3.8, 4) is 22.7 Å². The average Bonchev–Trinajstić information content (AvgIpc) is 3.00. The number of hydrogen-bond donors (Lipinski definition) is 1. The number of hydrogen-bond acceptors (Lipinski definition) is 4. The SMILES string of the molecule is COc1ccc(-n2cc(/C=N/O)c(-c3ccccc3)n2)cc1. The van der Waals surface area contributed by atoms with Crippen molar-refractivity contribution in [2.75, 3.05) is 7.11 Å². The van der Waals surface area contributed by atoms with Crippen molar-refractivity contribution >= 4 is 6.21 Å². The quantitative estimate of drug-likeness (QED) is 0.456. The molecule has 0 amide bonds. The molecule has 0 spiro atoms. The number of oxime groups is 1. The third-order valence-corrected chi connectivity index (χ3v) is 3.32. The largest absolute Gasteiger partial charge is 0.497 e. The average molecular weight is 293 g/mol. The highest BCUT2D eigenvalue weighted by Crippen LogP contribution is 2.23. The number of ether oxygens (including phenoxy) is 1. The van der Waals surface area contributed by atoms with Gasteiger partial charge in [-0.15, -0.1) is 0 Å². The normalized spacial score (nSPS) is 11.0. The van der Waals surface area contributed by atoms with Gasteiger partial charge in [-0.2, -0.15) is 5.10 Å². The van der Waals surface area contributed by atoms with E-state index in [-0.39, 0.29) is 0 Å². The van der Waals surface area contributed by atoms with Gasteiger partial charge in [0.15, 0.2) is 0 Å². The van der Waals surface area contributed by atoms with Crippen LogP contribution in [0.15, 0.2) is 65.9 Å². The Morgan fingerprint density at radius 2 is 1.82 bits per heavy atom. The van der Waals surface area contributed by atoms with E-state index in [1.54, 1.807) is 11.8 Å². The molecule has 5 heteroatoms. The molecule has 3 aromatic rings. The van der Waals surface area contributed by atoms with Crippen LogP contribution in [0.5, 0.6) is 5.75 Å². The van der Waals surface area contributed by atoms with E-state index in [2.05, 4.69) is 10.3 Å². The molecule has 1 N–H and O–H groups in total. The number of aromatic nitrogens is 2. The monoisotopic (exact) mass is 293 g/mol. The van der Waals surface area contributed by atoms with Gasteiger partial charge >= 0.3 is 0 Å². The summed E-state index contributed by atoms with van der Waals surface area (Å²) in [5.41, 5.74) is 3.36. The summed E-state index contributed by atoms with van der Waals surface area (Å²) in [5.74, 6) is 0.788. The highest BCUT2D eigenvalue weighted by Gasteiger charge is 2.11. The van der Waals surface area contributed by atoms with Gasteiger partial charge in [0.2, 0.25) is 0 Å². The van der Waals surface area contributed by atoms with E-state index in [9.17, 15) is 0 Å². The van der Waals surface area contributed by atoms with E-state index in [1.807, 2.05) is 60.8 Å². The van der Waals surface area contributed by atoms with Gasteiger partial charge in [-0.05, 0) is 24.3 Å². The minimum Gasteiger partial charge on any atom is -0.497 e. The number of benzene rings is 2. The minimum absolute atomic E-state index is 0.740. The smallest absolute Gasteiger partial charge is 0.119 e. The lowest BCUT2D eigenvalue weighted by Gasteiger charge is -2.03. The van der Waals surface area contributed by atoms with E-state index in [0.29, 0.717) is 0 Å². The molecule has 5 nitrogen and oxygen atoms in total. The molecule has 0 saturated carbocycles. The van der Waals surface area contributed by atoms with E-state index < -0.39 is 0 Å². The van der Waals surface area contributed by atoms with Crippen LogP contribution in [0.2, 0.25) is 0 Å². The Bertz CT molecular complexity index is 777. The molecule has 0 unspecified atom stereocenters. The number of nitrogens with zero attached hydrogens (tertiary/aromatic N) is 3. The molecule has 110 valence electrons. The van der Waals surface area contributed by atoms with Crippen LogP contribution in [-0.2, 0) is 0 Å². The lowest BCUT2D eigenvalue weighted by molar-refractivity contribution is 0.322. The Morgan fingerprint density at radius 3 is 2.45 bits per heavy atom. The standard InChI is InChI=1S/C17H15N3O2/c1-22-16-9-7-15(8-10-16)20-12-14(11-18-21)17(19-20)13-5-3-2-4-6-13/h2-12,21H,1H3/b18-11+. The fourth-order valence-corrected chi connectivity index (χ4v) is 2.23. The maximum absolute atomic E-state index is 8.86. The molecular formula is C17H15N3O2. The van der Waals surface area contributed by atoms with E-state index in [1.165, 1.54) is 6.21 Å². The van der Waals surface area contributed by atoms with Crippen molar-refractivity contribution in [1.82, 2.24) is 9.78 Å². The zero-order chi connectivity index (χ0) is 15.4. The predicted molar refractivity (Wildman–Crippen MR) is 84.9 cm³/mol. The van der Waals surface area contributed by atoms with Crippen LogP contribution in [0, 0.1) is 0 Å². The van der Waals surface area contributed by atoms with Crippen molar-refractivity contribution in [2.45, 2.75) is 0 Å². The molecule has 2 aromatic carbocycles. The minimum atomic E-state index is 0.740. The van der Waals surface area contributed by atoms with Gasteiger partial charge in [0, 0.05) is 17.3 Å². The molecule has 0 aliphatic heterocycles. The summed E-state index contributed by atoms with van der Waals surface area (Å²) in [7, 11) is 1.63. The Balaban J connectivity index is 2.06. The zero-order valence-electron chi connectivity index (χ0n) is 12.0. The van der Waals surface area contributed by atoms with Crippen molar-refractivity contribution in [3.05, 3.63) is 66.4 Å². The fourth-order valence-electron chi connectivity index (χ4n) is 2.23. The van der Waals surface area contributed by atoms with Crippen LogP contribution in [-0.4, -0.2) is 28.3 Å². The molecule has 3 rings (SSSR count). The first-order valence-electron chi connectivity index (χ1n) is 6.79. The number of rotatable bonds is 4. The summed E-state index contributed by atoms with van der Waals surface area (Å²) >= 11 is 0. The number of methoxy groups -OCH3 is 1. The van der Waals surface area contributed by atoms with Gasteiger partial charge in [-0.3, -0.25) is 0 Å². The van der Waals surface area contributed by atoms with Crippen molar-refractivity contribution in [3.63, 3.8) is 0 Å². The van der Waals surface area contributed by atoms with Crippen molar-refractivity contribution < 1.29 is 9.94 Å². The Hall–Kier alpha value is -3.08. The Morgan fingerprint density at radius 1 is 1.09 bits per heavy atom. The van der Waals surface area contributed by atoms with Crippen molar-refractivity contribution in [2.24, 2.45) is 5.16 Å². The van der Waals surface area contributed by atoms with Crippen LogP contribution in [0.1, 0.15) is 5.56 Å². The third kappa shape index (κ3) is 2.69. The topological polar surface area (TPSA) is 59.6 Å². The van der Waals surface area contributed by atoms with Crippen LogP contribution >= 0.6 is 0 Å². The Kier molecular flexibility index (Phi) is 3.87. The van der Waals surface area contributed by atoms with E-state index in [4.69, 9.17) is 9.94 Å². The zero-order valence-corrected chi connectivity index (χ0v) is 12.0. The summed E-state index contributed by atoms with van der Waals surface area (Å²) in [4.78, 5) is 0. The van der Waals surface area contributed by atoms with Crippen LogP contribution in [0.4, 0.5) is 0 Å². The summed E-state index contributed by atoms with van der Waals surface area (Å²) in [6.45, 7) is 0. The van der Waals surface area contributed by atoms with Gasteiger partial charge in [-0.1, -0.05) is 35.5 Å². The van der Waals surface area contributed by atoms with Gasteiger partial charge in [0.05, 0.1) is 19.0 Å². The highest BCUT2D eigenvalue weighted by atomic mass is 16.5. The van der Waals surface area contributed by atoms with Crippen LogP contribution in [0.3, 0.4) is 0 Å². The van der Waals surface area contributed by atoms with Crippen LogP contribution < -0.4 is 4.74 Å². The molecule has 22 heavy (non-hydrogen) atoms. The van der Waals surface area contributed by atoms with Crippen LogP contribution in [0.25, 0.3) is 16.9 Å². The summed E-state index contributed by atoms with van der Waals surface area (Å²) in [6, 6.07) is 17.4. The second-order valence-electron chi connectivity index (χ2n) is 4.69. The summed E-state index contributed by atoms with van der Waals surface area (Å²) in [5, 5.41) is 16.6. The second kappa shape index (κ2) is 6.13. The first kappa shape index (κ1) is 13.9. The molecular weight excluding hydrogens is 278 g/mol. The molecule has 0 aliphatic rings. The molecule has 0 aliphatic carbocycles. The summed E-state index contributed by atoms with van der Waals surface area (Å²) in [6.07, 6.45) is 3.21. The molecule has 0 saturated heterocycles. The van der Waals surface area contributed by atoms with E-state index in [0.717, 1.165) is 28.3 Å². The summed E-state index contributed by atoms with van der Waals surface area (Å²) < 4.78 is 6.91. The second-order valence-corrected chi connectivity index (χ2v) is 4.69. The lowest BCUT2D eigenvalue weighted by Crippen LogP contribution is -1.94. The molecule has 1 aromatic heterocycles. The van der Waals surface area contributed by atoms with E-state index >= 15 is 0 Å². The highest BCUT2D eigenvalue weighted by molar-refractivity contribution is 5.88. The Labute approximate surface area is 128 Å². The maximum Gasteiger partial charge on any atom is 0.119 e. The molecule has 0 fully saturated rings. The molecule has 0 radical (unpaired) electrons. The van der Waals surface area contributed by atoms with Gasteiger partial charge in [0.1, 0.15) is 11.4 Å². The fraction of sp³-hybridized carbons (Fsp3) is 0.0588. The predicted octanol–water partition coefficient (Wildman–Crippen LogP) is 3.36. The van der Waals surface area contributed by atoms with Gasteiger partial charge in [0.25, 0.3) is 0 Å².